The first-order valence-electron chi connectivity index (χ1n) is 5.77. The van der Waals surface area contributed by atoms with Crippen molar-refractivity contribution in [3.05, 3.63) is 46.6 Å². The monoisotopic (exact) mass is 307 g/mol. The van der Waals surface area contributed by atoms with Crippen molar-refractivity contribution in [2.24, 2.45) is 0 Å². The van der Waals surface area contributed by atoms with Crippen LogP contribution in [0.25, 0.3) is 0 Å². The van der Waals surface area contributed by atoms with Crippen LogP contribution >= 0.6 is 11.6 Å². The van der Waals surface area contributed by atoms with E-state index in [-0.39, 0.29) is 13.2 Å². The zero-order valence-electron chi connectivity index (χ0n) is 10.6. The third-order valence-corrected chi connectivity index (χ3v) is 2.50. The van der Waals surface area contributed by atoms with Crippen LogP contribution in [0, 0.1) is 0 Å². The molecular weight excluding hydrogens is 295 g/mol. The molecule has 0 aliphatic carbocycles. The number of nitrogens with one attached hydrogen (secondary N) is 1. The first-order chi connectivity index (χ1) is 9.32. The van der Waals surface area contributed by atoms with Crippen LogP contribution in [-0.4, -0.2) is 18.8 Å². The van der Waals surface area contributed by atoms with Gasteiger partial charge in [0.1, 0.15) is 5.70 Å². The summed E-state index contributed by atoms with van der Waals surface area (Å²) in [6.45, 7) is 1.44. The van der Waals surface area contributed by atoms with Gasteiger partial charge in [-0.15, -0.1) is 0 Å². The van der Waals surface area contributed by atoms with Crippen molar-refractivity contribution in [2.75, 3.05) is 6.61 Å². The SMILES string of the molecule is CCOC(=O)/C=C(\NCc1ccc(Cl)cc1)C(F)(F)F. The number of carbonyl (C=O) groups is 1. The second kappa shape index (κ2) is 7.19. The quantitative estimate of drug-likeness (QED) is 0.669. The molecule has 0 saturated carbocycles. The predicted molar refractivity (Wildman–Crippen MR) is 69.1 cm³/mol. The molecule has 0 spiro atoms. The van der Waals surface area contributed by atoms with Gasteiger partial charge in [0.2, 0.25) is 0 Å². The third kappa shape index (κ3) is 5.52. The van der Waals surface area contributed by atoms with Gasteiger partial charge in [0.15, 0.2) is 0 Å². The Kier molecular flexibility index (Phi) is 5.88. The van der Waals surface area contributed by atoms with E-state index in [0.717, 1.165) is 0 Å². The minimum atomic E-state index is -4.65. The van der Waals surface area contributed by atoms with Crippen molar-refractivity contribution in [3.8, 4) is 0 Å². The van der Waals surface area contributed by atoms with Gasteiger partial charge in [-0.3, -0.25) is 0 Å². The maximum Gasteiger partial charge on any atom is 0.431 e. The molecule has 3 nitrogen and oxygen atoms in total. The summed E-state index contributed by atoms with van der Waals surface area (Å²) in [5, 5.41) is 2.67. The van der Waals surface area contributed by atoms with E-state index in [1.165, 1.54) is 6.92 Å². The molecule has 1 N–H and O–H groups in total. The number of esters is 1. The minimum Gasteiger partial charge on any atom is -0.463 e. The summed E-state index contributed by atoms with van der Waals surface area (Å²) in [5.41, 5.74) is -0.542. The lowest BCUT2D eigenvalue weighted by molar-refractivity contribution is -0.138. The summed E-state index contributed by atoms with van der Waals surface area (Å²) in [5.74, 6) is -1.04. The van der Waals surface area contributed by atoms with E-state index in [1.807, 2.05) is 0 Å². The predicted octanol–water partition coefficient (Wildman–Crippen LogP) is 3.44. The van der Waals surface area contributed by atoms with Crippen LogP contribution in [0.5, 0.6) is 0 Å². The number of hydrogen-bond acceptors (Lipinski definition) is 3. The molecule has 1 rings (SSSR count). The van der Waals surface area contributed by atoms with Gasteiger partial charge in [-0.1, -0.05) is 23.7 Å². The highest BCUT2D eigenvalue weighted by molar-refractivity contribution is 6.30. The van der Waals surface area contributed by atoms with Gasteiger partial charge in [-0.25, -0.2) is 4.79 Å². The highest BCUT2D eigenvalue weighted by Gasteiger charge is 2.34. The van der Waals surface area contributed by atoms with Gasteiger partial charge in [0.05, 0.1) is 12.7 Å². The Balaban J connectivity index is 2.76. The molecule has 0 radical (unpaired) electrons. The maximum atomic E-state index is 12.7. The van der Waals surface area contributed by atoms with Crippen LogP contribution in [0.4, 0.5) is 13.2 Å². The lowest BCUT2D eigenvalue weighted by Gasteiger charge is -2.14. The molecule has 0 saturated heterocycles. The van der Waals surface area contributed by atoms with Crippen LogP contribution in [0.2, 0.25) is 5.02 Å². The van der Waals surface area contributed by atoms with E-state index < -0.39 is 17.8 Å². The second-order valence-corrected chi connectivity index (χ2v) is 4.22. The molecule has 1 aromatic carbocycles. The minimum absolute atomic E-state index is 0.0116. The van der Waals surface area contributed by atoms with Gasteiger partial charge in [0, 0.05) is 11.6 Å². The molecule has 0 unspecified atom stereocenters. The van der Waals surface area contributed by atoms with Crippen molar-refractivity contribution in [3.63, 3.8) is 0 Å². The Labute approximate surface area is 119 Å². The molecule has 0 aliphatic rings. The van der Waals surface area contributed by atoms with Crippen molar-refractivity contribution in [1.82, 2.24) is 5.32 Å². The van der Waals surface area contributed by atoms with Crippen molar-refractivity contribution < 1.29 is 22.7 Å². The third-order valence-electron chi connectivity index (χ3n) is 2.25. The van der Waals surface area contributed by atoms with Crippen molar-refractivity contribution in [1.29, 1.82) is 0 Å². The zero-order valence-corrected chi connectivity index (χ0v) is 11.4. The summed E-state index contributed by atoms with van der Waals surface area (Å²) in [4.78, 5) is 11.1. The molecule has 0 fully saturated rings. The molecule has 20 heavy (non-hydrogen) atoms. The molecule has 110 valence electrons. The topological polar surface area (TPSA) is 38.3 Å². The fraction of sp³-hybridized carbons (Fsp3) is 0.308. The highest BCUT2D eigenvalue weighted by atomic mass is 35.5. The van der Waals surface area contributed by atoms with Gasteiger partial charge in [-0.05, 0) is 24.6 Å². The Morgan fingerprint density at radius 3 is 2.45 bits per heavy atom. The molecule has 0 atom stereocenters. The number of halogens is 4. The number of rotatable bonds is 5. The fourth-order valence-corrected chi connectivity index (χ4v) is 1.46. The van der Waals surface area contributed by atoms with E-state index in [4.69, 9.17) is 11.6 Å². The van der Waals surface area contributed by atoms with E-state index in [9.17, 15) is 18.0 Å². The summed E-state index contributed by atoms with van der Waals surface area (Å²) < 4.78 is 42.6. The van der Waals surface area contributed by atoms with E-state index in [1.54, 1.807) is 24.3 Å². The van der Waals surface area contributed by atoms with Crippen LogP contribution in [0.15, 0.2) is 36.0 Å². The zero-order chi connectivity index (χ0) is 15.2. The lowest BCUT2D eigenvalue weighted by atomic mass is 10.2. The smallest absolute Gasteiger partial charge is 0.431 e. The Hall–Kier alpha value is -1.69. The summed E-state index contributed by atoms with van der Waals surface area (Å²) >= 11 is 5.68. The second-order valence-electron chi connectivity index (χ2n) is 3.79. The molecular formula is C13H13ClF3NO2. The van der Waals surface area contributed by atoms with Gasteiger partial charge >= 0.3 is 12.1 Å². The van der Waals surface area contributed by atoms with Gasteiger partial charge in [0.25, 0.3) is 0 Å². The standard InChI is InChI=1S/C13H13ClF3NO2/c1-2-20-12(19)7-11(13(15,16)17)18-8-9-3-5-10(14)6-4-9/h3-7,18H,2,8H2,1H3/b11-7-. The number of alkyl halides is 3. The first kappa shape index (κ1) is 16.4. The summed E-state index contributed by atoms with van der Waals surface area (Å²) in [7, 11) is 0. The Morgan fingerprint density at radius 2 is 1.95 bits per heavy atom. The Morgan fingerprint density at radius 1 is 1.35 bits per heavy atom. The van der Waals surface area contributed by atoms with E-state index in [0.29, 0.717) is 16.7 Å². The molecule has 0 heterocycles. The van der Waals surface area contributed by atoms with E-state index in [2.05, 4.69) is 10.1 Å². The summed E-state index contributed by atoms with van der Waals surface area (Å²) in [6.07, 6.45) is -4.25. The average Bonchev–Trinajstić information content (AvgIpc) is 2.35. The molecule has 1 aromatic rings. The molecule has 0 bridgehead atoms. The molecule has 0 aromatic heterocycles. The van der Waals surface area contributed by atoms with E-state index >= 15 is 0 Å². The van der Waals surface area contributed by atoms with Crippen LogP contribution < -0.4 is 5.32 Å². The number of benzene rings is 1. The molecule has 0 aliphatic heterocycles. The fourth-order valence-electron chi connectivity index (χ4n) is 1.33. The van der Waals surface area contributed by atoms with Crippen molar-refractivity contribution in [2.45, 2.75) is 19.6 Å². The molecule has 7 heteroatoms. The van der Waals surface area contributed by atoms with Crippen LogP contribution in [0.3, 0.4) is 0 Å². The first-order valence-corrected chi connectivity index (χ1v) is 6.14. The van der Waals surface area contributed by atoms with Crippen LogP contribution in [0.1, 0.15) is 12.5 Å². The van der Waals surface area contributed by atoms with Gasteiger partial charge < -0.3 is 10.1 Å². The van der Waals surface area contributed by atoms with Crippen molar-refractivity contribution >= 4 is 17.6 Å². The number of allylic oxidation sites excluding steroid dienone is 1. The maximum absolute atomic E-state index is 12.7. The van der Waals surface area contributed by atoms with Gasteiger partial charge in [-0.2, -0.15) is 13.2 Å². The number of hydrogen-bond donors (Lipinski definition) is 1. The molecule has 0 amide bonds. The summed E-state index contributed by atoms with van der Waals surface area (Å²) in [6, 6.07) is 6.32. The normalized spacial score (nSPS) is 12.2. The lowest BCUT2D eigenvalue weighted by Crippen LogP contribution is -2.27. The Bertz CT molecular complexity index is 483. The number of ether oxygens (including phenoxy) is 1. The highest BCUT2D eigenvalue weighted by Crippen LogP contribution is 2.24. The van der Waals surface area contributed by atoms with Crippen LogP contribution in [-0.2, 0) is 16.1 Å². The average molecular weight is 308 g/mol. The number of carbonyl (C=O) groups excluding carboxylic acids is 1. The largest absolute Gasteiger partial charge is 0.463 e.